The lowest BCUT2D eigenvalue weighted by Gasteiger charge is -2.07. The van der Waals surface area contributed by atoms with Crippen molar-refractivity contribution in [2.24, 2.45) is 0 Å². The third kappa shape index (κ3) is 4.41. The number of hydrogen-bond acceptors (Lipinski definition) is 7. The minimum atomic E-state index is -0.395. The molecule has 26 heavy (non-hydrogen) atoms. The van der Waals surface area contributed by atoms with Crippen molar-refractivity contribution in [2.75, 3.05) is 16.0 Å². The summed E-state index contributed by atoms with van der Waals surface area (Å²) in [6, 6.07) is 11.6. The first-order valence-electron chi connectivity index (χ1n) is 7.73. The van der Waals surface area contributed by atoms with Gasteiger partial charge in [0.25, 0.3) is 5.91 Å². The van der Waals surface area contributed by atoms with Crippen LogP contribution in [0.3, 0.4) is 0 Å². The number of carbonyl (C=O) groups is 2. The van der Waals surface area contributed by atoms with Crippen molar-refractivity contribution in [3.8, 4) is 0 Å². The molecule has 1 aromatic carbocycles. The molecule has 0 unspecified atom stereocenters. The van der Waals surface area contributed by atoms with Gasteiger partial charge in [0.05, 0.1) is 0 Å². The van der Waals surface area contributed by atoms with Gasteiger partial charge < -0.3 is 20.5 Å². The molecular formula is C17H16N6O3. The van der Waals surface area contributed by atoms with Crippen molar-refractivity contribution < 1.29 is 14.1 Å². The summed E-state index contributed by atoms with van der Waals surface area (Å²) >= 11 is 0. The number of rotatable bonds is 5. The molecule has 9 heteroatoms. The van der Waals surface area contributed by atoms with E-state index in [4.69, 9.17) is 4.52 Å². The van der Waals surface area contributed by atoms with E-state index in [1.165, 1.54) is 6.92 Å². The van der Waals surface area contributed by atoms with E-state index in [1.54, 1.807) is 49.4 Å². The van der Waals surface area contributed by atoms with Crippen molar-refractivity contribution in [2.45, 2.75) is 13.8 Å². The lowest BCUT2D eigenvalue weighted by atomic mass is 10.2. The minimum Gasteiger partial charge on any atom is -0.360 e. The van der Waals surface area contributed by atoms with Crippen LogP contribution < -0.4 is 16.0 Å². The third-order valence-corrected chi connectivity index (χ3v) is 3.24. The molecule has 2 heterocycles. The second-order valence-electron chi connectivity index (χ2n) is 5.46. The predicted octanol–water partition coefficient (Wildman–Crippen LogP) is 2.73. The quantitative estimate of drug-likeness (QED) is 0.645. The number of hydrogen-bond donors (Lipinski definition) is 3. The van der Waals surface area contributed by atoms with Crippen LogP contribution in [0.1, 0.15) is 23.2 Å². The molecule has 0 aliphatic carbocycles. The van der Waals surface area contributed by atoms with E-state index in [9.17, 15) is 9.59 Å². The van der Waals surface area contributed by atoms with Gasteiger partial charge in [0.15, 0.2) is 17.3 Å². The van der Waals surface area contributed by atoms with Gasteiger partial charge in [-0.3, -0.25) is 9.59 Å². The minimum absolute atomic E-state index is 0.161. The Morgan fingerprint density at radius 3 is 2.15 bits per heavy atom. The standard InChI is InChI=1S/C17H16N6O3/c1-10-9-16(23-26-10)20-15-8-7-14(21-22-15)17(25)19-13-5-3-12(4-6-13)18-11(2)24/h3-9H,1-2H3,(H,18,24)(H,19,25)(H,20,22,23). The smallest absolute Gasteiger partial charge is 0.276 e. The van der Waals surface area contributed by atoms with Crippen LogP contribution in [0.25, 0.3) is 0 Å². The first-order valence-corrected chi connectivity index (χ1v) is 7.73. The van der Waals surface area contributed by atoms with Gasteiger partial charge in [0, 0.05) is 24.4 Å². The van der Waals surface area contributed by atoms with Crippen LogP contribution in [0.2, 0.25) is 0 Å². The lowest BCUT2D eigenvalue weighted by molar-refractivity contribution is -0.114. The Balaban J connectivity index is 1.61. The first kappa shape index (κ1) is 17.1. The fraction of sp³-hybridized carbons (Fsp3) is 0.118. The molecule has 9 nitrogen and oxygen atoms in total. The fourth-order valence-electron chi connectivity index (χ4n) is 2.11. The Hall–Kier alpha value is -3.75. The molecule has 0 saturated carbocycles. The highest BCUT2D eigenvalue weighted by Crippen LogP contribution is 2.16. The second-order valence-corrected chi connectivity index (χ2v) is 5.46. The highest BCUT2D eigenvalue weighted by molar-refractivity contribution is 6.03. The zero-order chi connectivity index (χ0) is 18.5. The molecule has 0 atom stereocenters. The van der Waals surface area contributed by atoms with Gasteiger partial charge in [-0.25, -0.2) is 0 Å². The van der Waals surface area contributed by atoms with Crippen LogP contribution >= 0.6 is 0 Å². The Bertz CT molecular complexity index is 918. The number of anilines is 4. The van der Waals surface area contributed by atoms with Crippen molar-refractivity contribution in [1.82, 2.24) is 15.4 Å². The van der Waals surface area contributed by atoms with E-state index in [2.05, 4.69) is 31.3 Å². The second kappa shape index (κ2) is 7.43. The molecule has 0 spiro atoms. The van der Waals surface area contributed by atoms with E-state index in [0.29, 0.717) is 28.8 Å². The number of amides is 2. The van der Waals surface area contributed by atoms with Gasteiger partial charge in [-0.15, -0.1) is 10.2 Å². The number of benzene rings is 1. The number of aromatic nitrogens is 3. The monoisotopic (exact) mass is 352 g/mol. The van der Waals surface area contributed by atoms with Crippen LogP contribution in [-0.4, -0.2) is 27.2 Å². The van der Waals surface area contributed by atoms with Crippen molar-refractivity contribution in [1.29, 1.82) is 0 Å². The molecule has 0 bridgehead atoms. The summed E-state index contributed by atoms with van der Waals surface area (Å²) in [6.45, 7) is 3.21. The molecule has 3 rings (SSSR count). The SMILES string of the molecule is CC(=O)Nc1ccc(NC(=O)c2ccc(Nc3cc(C)on3)nn2)cc1. The van der Waals surface area contributed by atoms with Crippen molar-refractivity contribution >= 4 is 34.8 Å². The number of carbonyl (C=O) groups excluding carboxylic acids is 2. The van der Waals surface area contributed by atoms with Crippen LogP contribution in [-0.2, 0) is 4.79 Å². The highest BCUT2D eigenvalue weighted by Gasteiger charge is 2.10. The molecular weight excluding hydrogens is 336 g/mol. The maximum absolute atomic E-state index is 12.2. The zero-order valence-electron chi connectivity index (χ0n) is 14.1. The maximum Gasteiger partial charge on any atom is 0.276 e. The van der Waals surface area contributed by atoms with Gasteiger partial charge >= 0.3 is 0 Å². The van der Waals surface area contributed by atoms with Gasteiger partial charge in [-0.2, -0.15) is 0 Å². The summed E-state index contributed by atoms with van der Waals surface area (Å²) in [6.07, 6.45) is 0. The maximum atomic E-state index is 12.2. The number of nitrogens with one attached hydrogen (secondary N) is 3. The van der Waals surface area contributed by atoms with Gasteiger partial charge in [-0.05, 0) is 43.3 Å². The van der Waals surface area contributed by atoms with Gasteiger partial charge in [0.2, 0.25) is 5.91 Å². The average Bonchev–Trinajstić information content (AvgIpc) is 3.01. The van der Waals surface area contributed by atoms with E-state index in [-0.39, 0.29) is 11.6 Å². The Labute approximate surface area is 148 Å². The third-order valence-electron chi connectivity index (χ3n) is 3.24. The summed E-state index contributed by atoms with van der Waals surface area (Å²) < 4.78 is 4.95. The molecule has 3 N–H and O–H groups in total. The fourth-order valence-corrected chi connectivity index (χ4v) is 2.11. The van der Waals surface area contributed by atoms with Crippen molar-refractivity contribution in [3.05, 3.63) is 53.9 Å². The number of nitrogens with zero attached hydrogens (tertiary/aromatic N) is 3. The lowest BCUT2D eigenvalue weighted by Crippen LogP contribution is -2.14. The Kier molecular flexibility index (Phi) is 4.88. The average molecular weight is 352 g/mol. The molecule has 0 fully saturated rings. The summed E-state index contributed by atoms with van der Waals surface area (Å²) in [5, 5.41) is 19.9. The van der Waals surface area contributed by atoms with Crippen LogP contribution in [0, 0.1) is 6.92 Å². The molecule has 0 saturated heterocycles. The molecule has 2 amide bonds. The summed E-state index contributed by atoms with van der Waals surface area (Å²) in [7, 11) is 0. The highest BCUT2D eigenvalue weighted by atomic mass is 16.5. The van der Waals surface area contributed by atoms with Crippen molar-refractivity contribution in [3.63, 3.8) is 0 Å². The summed E-state index contributed by atoms with van der Waals surface area (Å²) in [5.41, 5.74) is 1.39. The van der Waals surface area contributed by atoms with Crippen LogP contribution in [0.4, 0.5) is 23.0 Å². The van der Waals surface area contributed by atoms with E-state index < -0.39 is 5.91 Å². The normalized spacial score (nSPS) is 10.2. The van der Waals surface area contributed by atoms with Gasteiger partial charge in [0.1, 0.15) is 5.76 Å². The summed E-state index contributed by atoms with van der Waals surface area (Å²) in [5.74, 6) is 1.06. The Morgan fingerprint density at radius 2 is 1.62 bits per heavy atom. The molecule has 2 aromatic heterocycles. The predicted molar refractivity (Wildman–Crippen MR) is 95.3 cm³/mol. The van der Waals surface area contributed by atoms with E-state index in [0.717, 1.165) is 0 Å². The van der Waals surface area contributed by atoms with Gasteiger partial charge in [-0.1, -0.05) is 5.16 Å². The zero-order valence-corrected chi connectivity index (χ0v) is 14.1. The molecule has 0 aliphatic heterocycles. The van der Waals surface area contributed by atoms with Crippen LogP contribution in [0.15, 0.2) is 47.0 Å². The Morgan fingerprint density at radius 1 is 0.923 bits per heavy atom. The molecule has 0 radical (unpaired) electrons. The number of aryl methyl sites for hydroxylation is 1. The molecule has 132 valence electrons. The largest absolute Gasteiger partial charge is 0.360 e. The summed E-state index contributed by atoms with van der Waals surface area (Å²) in [4.78, 5) is 23.2. The first-order chi connectivity index (χ1) is 12.5. The molecule has 0 aliphatic rings. The molecule has 3 aromatic rings. The van der Waals surface area contributed by atoms with E-state index in [1.807, 2.05) is 0 Å². The van der Waals surface area contributed by atoms with Crippen LogP contribution in [0.5, 0.6) is 0 Å². The topological polar surface area (TPSA) is 122 Å². The van der Waals surface area contributed by atoms with E-state index >= 15 is 0 Å².